The second-order valence-corrected chi connectivity index (χ2v) is 5.13. The van der Waals surface area contributed by atoms with E-state index in [2.05, 4.69) is 4.89 Å². The highest BCUT2D eigenvalue weighted by molar-refractivity contribution is 5.74. The van der Waals surface area contributed by atoms with Crippen molar-refractivity contribution in [2.75, 3.05) is 0 Å². The predicted molar refractivity (Wildman–Crippen MR) is 57.8 cm³/mol. The van der Waals surface area contributed by atoms with E-state index in [0.717, 1.165) is 0 Å². The van der Waals surface area contributed by atoms with Crippen LogP contribution in [-0.4, -0.2) is 22.3 Å². The summed E-state index contributed by atoms with van der Waals surface area (Å²) in [6, 6.07) is 0. The standard InChI is InChI=1S/C11H20O5/c1-10(2,11(3,4)9(13)14)7-5-6-8(12)16-15/h15H,5-7H2,1-4H3,(H,13,14). The van der Waals surface area contributed by atoms with Crippen LogP contribution in [0.25, 0.3) is 0 Å². The summed E-state index contributed by atoms with van der Waals surface area (Å²) in [5.74, 6) is -1.55. The molecule has 0 aliphatic rings. The van der Waals surface area contributed by atoms with Crippen LogP contribution in [0.3, 0.4) is 0 Å². The average molecular weight is 232 g/mol. The monoisotopic (exact) mass is 232 g/mol. The number of carboxylic acid groups (broad SMARTS) is 1. The van der Waals surface area contributed by atoms with Crippen molar-refractivity contribution in [2.24, 2.45) is 10.8 Å². The Bertz CT molecular complexity index is 268. The Balaban J connectivity index is 4.35. The normalized spacial score (nSPS) is 12.3. The first-order valence-electron chi connectivity index (χ1n) is 5.23. The van der Waals surface area contributed by atoms with Crippen molar-refractivity contribution >= 4 is 11.9 Å². The minimum Gasteiger partial charge on any atom is -0.481 e. The van der Waals surface area contributed by atoms with E-state index in [0.29, 0.717) is 12.8 Å². The van der Waals surface area contributed by atoms with Gasteiger partial charge in [0, 0.05) is 6.42 Å². The molecule has 0 fully saturated rings. The first kappa shape index (κ1) is 14.9. The molecule has 0 heterocycles. The van der Waals surface area contributed by atoms with Crippen LogP contribution in [0.2, 0.25) is 0 Å². The smallest absolute Gasteiger partial charge is 0.342 e. The van der Waals surface area contributed by atoms with Gasteiger partial charge in [-0.3, -0.25) is 4.79 Å². The lowest BCUT2D eigenvalue weighted by atomic mass is 9.65. The molecule has 0 aromatic rings. The number of carbonyl (C=O) groups is 2. The van der Waals surface area contributed by atoms with E-state index in [1.54, 1.807) is 13.8 Å². The SMILES string of the molecule is CC(C)(CCCC(=O)OO)C(C)(C)C(=O)O. The van der Waals surface area contributed by atoms with Crippen LogP contribution in [0.5, 0.6) is 0 Å². The highest BCUT2D eigenvalue weighted by Crippen LogP contribution is 2.42. The zero-order chi connectivity index (χ0) is 13.0. The summed E-state index contributed by atoms with van der Waals surface area (Å²) in [5.41, 5.74) is -1.30. The number of rotatable bonds is 6. The van der Waals surface area contributed by atoms with Gasteiger partial charge in [-0.05, 0) is 32.1 Å². The molecular weight excluding hydrogens is 212 g/mol. The molecule has 16 heavy (non-hydrogen) atoms. The molecule has 0 saturated carbocycles. The number of hydrogen-bond acceptors (Lipinski definition) is 4. The molecule has 0 spiro atoms. The van der Waals surface area contributed by atoms with E-state index < -0.39 is 22.8 Å². The van der Waals surface area contributed by atoms with Crippen molar-refractivity contribution in [3.8, 4) is 0 Å². The lowest BCUT2D eigenvalue weighted by Gasteiger charge is -2.38. The van der Waals surface area contributed by atoms with Crippen molar-refractivity contribution < 1.29 is 24.8 Å². The summed E-state index contributed by atoms with van der Waals surface area (Å²) >= 11 is 0. The van der Waals surface area contributed by atoms with Gasteiger partial charge in [-0.15, -0.1) is 0 Å². The zero-order valence-corrected chi connectivity index (χ0v) is 10.2. The molecule has 0 unspecified atom stereocenters. The van der Waals surface area contributed by atoms with Crippen molar-refractivity contribution in [1.29, 1.82) is 0 Å². The first-order valence-corrected chi connectivity index (χ1v) is 5.23. The second-order valence-electron chi connectivity index (χ2n) is 5.13. The maximum Gasteiger partial charge on any atom is 0.342 e. The molecule has 0 bridgehead atoms. The molecule has 2 N–H and O–H groups in total. The topological polar surface area (TPSA) is 83.8 Å². The molecular formula is C11H20O5. The van der Waals surface area contributed by atoms with E-state index in [9.17, 15) is 9.59 Å². The molecule has 94 valence electrons. The molecule has 0 aliphatic carbocycles. The molecule has 0 amide bonds. The van der Waals surface area contributed by atoms with Gasteiger partial charge < -0.3 is 9.99 Å². The summed E-state index contributed by atoms with van der Waals surface area (Å²) in [4.78, 5) is 25.3. The lowest BCUT2D eigenvalue weighted by molar-refractivity contribution is -0.234. The van der Waals surface area contributed by atoms with Crippen LogP contribution in [0.4, 0.5) is 0 Å². The third-order valence-corrected chi connectivity index (χ3v) is 3.51. The van der Waals surface area contributed by atoms with Crippen molar-refractivity contribution in [3.63, 3.8) is 0 Å². The van der Waals surface area contributed by atoms with Crippen LogP contribution in [0.15, 0.2) is 0 Å². The van der Waals surface area contributed by atoms with Crippen molar-refractivity contribution in [2.45, 2.75) is 47.0 Å². The van der Waals surface area contributed by atoms with E-state index in [1.807, 2.05) is 13.8 Å². The van der Waals surface area contributed by atoms with Crippen LogP contribution in [0, 0.1) is 10.8 Å². The third-order valence-electron chi connectivity index (χ3n) is 3.51. The number of carbonyl (C=O) groups excluding carboxylic acids is 1. The first-order chi connectivity index (χ1) is 7.15. The quantitative estimate of drug-likeness (QED) is 0.542. The molecule has 0 aliphatic heterocycles. The van der Waals surface area contributed by atoms with Gasteiger partial charge in [0.2, 0.25) is 0 Å². The Hall–Kier alpha value is -1.10. The Labute approximate surface area is 95.3 Å². The summed E-state index contributed by atoms with van der Waals surface area (Å²) < 4.78 is 0. The molecule has 5 heteroatoms. The number of hydrogen-bond donors (Lipinski definition) is 2. The van der Waals surface area contributed by atoms with Gasteiger partial charge in [-0.1, -0.05) is 13.8 Å². The fraction of sp³-hybridized carbons (Fsp3) is 0.818. The van der Waals surface area contributed by atoms with Crippen LogP contribution < -0.4 is 0 Å². The van der Waals surface area contributed by atoms with Gasteiger partial charge in [0.05, 0.1) is 5.41 Å². The van der Waals surface area contributed by atoms with Crippen molar-refractivity contribution in [1.82, 2.24) is 0 Å². The second kappa shape index (κ2) is 5.30. The van der Waals surface area contributed by atoms with Crippen molar-refractivity contribution in [3.05, 3.63) is 0 Å². The molecule has 0 rings (SSSR count). The fourth-order valence-electron chi connectivity index (χ4n) is 1.32. The fourth-order valence-corrected chi connectivity index (χ4v) is 1.32. The maximum atomic E-state index is 11.1. The molecule has 0 radical (unpaired) electrons. The van der Waals surface area contributed by atoms with Gasteiger partial charge in [-0.25, -0.2) is 4.79 Å². The third kappa shape index (κ3) is 3.48. The summed E-state index contributed by atoms with van der Waals surface area (Å²) in [5, 5.41) is 17.2. The highest BCUT2D eigenvalue weighted by atomic mass is 17.1. The molecule has 5 nitrogen and oxygen atoms in total. The summed E-state index contributed by atoms with van der Waals surface area (Å²) in [7, 11) is 0. The van der Waals surface area contributed by atoms with Gasteiger partial charge >= 0.3 is 11.9 Å². The summed E-state index contributed by atoms with van der Waals surface area (Å²) in [6.07, 6.45) is 1.15. The van der Waals surface area contributed by atoms with Crippen LogP contribution in [0.1, 0.15) is 47.0 Å². The molecule has 0 aromatic heterocycles. The van der Waals surface area contributed by atoms with E-state index in [-0.39, 0.29) is 6.42 Å². The number of carboxylic acids is 1. The minimum atomic E-state index is -0.865. The molecule has 0 saturated heterocycles. The molecule has 0 atom stereocenters. The predicted octanol–water partition coefficient (Wildman–Crippen LogP) is 2.31. The van der Waals surface area contributed by atoms with Gasteiger partial charge in [0.25, 0.3) is 0 Å². The van der Waals surface area contributed by atoms with Gasteiger partial charge in [0.15, 0.2) is 0 Å². The lowest BCUT2D eigenvalue weighted by Crippen LogP contribution is -2.39. The van der Waals surface area contributed by atoms with Gasteiger partial charge in [0.1, 0.15) is 0 Å². The van der Waals surface area contributed by atoms with E-state index >= 15 is 0 Å². The molecule has 0 aromatic carbocycles. The highest BCUT2D eigenvalue weighted by Gasteiger charge is 2.42. The van der Waals surface area contributed by atoms with Gasteiger partial charge in [-0.2, -0.15) is 5.26 Å². The zero-order valence-electron chi connectivity index (χ0n) is 10.2. The maximum absolute atomic E-state index is 11.1. The minimum absolute atomic E-state index is 0.0929. The number of aliphatic carboxylic acids is 1. The van der Waals surface area contributed by atoms with E-state index in [4.69, 9.17) is 10.4 Å². The summed E-state index contributed by atoms with van der Waals surface area (Å²) in [6.45, 7) is 7.04. The Morgan fingerprint density at radius 1 is 1.19 bits per heavy atom. The van der Waals surface area contributed by atoms with E-state index in [1.165, 1.54) is 0 Å². The Kier molecular flexibility index (Phi) is 4.93. The van der Waals surface area contributed by atoms with Crippen LogP contribution in [-0.2, 0) is 14.5 Å². The van der Waals surface area contributed by atoms with Crippen LogP contribution >= 0.6 is 0 Å². The Morgan fingerprint density at radius 2 is 1.69 bits per heavy atom. The Morgan fingerprint density at radius 3 is 2.06 bits per heavy atom. The largest absolute Gasteiger partial charge is 0.481 e. The average Bonchev–Trinajstić information content (AvgIpc) is 2.16.